The SMILES string of the molecule is C=C(CCOCCCCCC)C(=O)[O-]. The van der Waals surface area contributed by atoms with E-state index in [-0.39, 0.29) is 5.57 Å². The van der Waals surface area contributed by atoms with Crippen molar-refractivity contribution in [1.82, 2.24) is 0 Å². The number of carboxylic acid groups (broad SMARTS) is 1. The van der Waals surface area contributed by atoms with E-state index < -0.39 is 5.97 Å². The molecule has 3 heteroatoms. The molecule has 82 valence electrons. The summed E-state index contributed by atoms with van der Waals surface area (Å²) in [6.07, 6.45) is 5.02. The highest BCUT2D eigenvalue weighted by molar-refractivity contribution is 5.83. The highest BCUT2D eigenvalue weighted by Gasteiger charge is 1.95. The highest BCUT2D eigenvalue weighted by atomic mass is 16.5. The zero-order valence-electron chi connectivity index (χ0n) is 8.88. The second kappa shape index (κ2) is 8.75. The minimum atomic E-state index is -1.18. The lowest BCUT2D eigenvalue weighted by Gasteiger charge is -2.07. The van der Waals surface area contributed by atoms with Crippen molar-refractivity contribution in [1.29, 1.82) is 0 Å². The summed E-state index contributed by atoms with van der Waals surface area (Å²) >= 11 is 0. The van der Waals surface area contributed by atoms with Gasteiger partial charge in [-0.1, -0.05) is 32.8 Å². The van der Waals surface area contributed by atoms with Crippen molar-refractivity contribution < 1.29 is 14.6 Å². The Hall–Kier alpha value is -0.830. The molecule has 0 spiro atoms. The third-order valence-electron chi connectivity index (χ3n) is 1.98. The maximum atomic E-state index is 10.2. The average molecular weight is 199 g/mol. The fourth-order valence-corrected chi connectivity index (χ4v) is 1.03. The monoisotopic (exact) mass is 199 g/mol. The van der Waals surface area contributed by atoms with E-state index >= 15 is 0 Å². The van der Waals surface area contributed by atoms with Crippen LogP contribution in [0.2, 0.25) is 0 Å². The van der Waals surface area contributed by atoms with Gasteiger partial charge in [0.2, 0.25) is 0 Å². The summed E-state index contributed by atoms with van der Waals surface area (Å²) < 4.78 is 5.25. The van der Waals surface area contributed by atoms with E-state index in [2.05, 4.69) is 13.5 Å². The first-order valence-corrected chi connectivity index (χ1v) is 5.15. The molecule has 0 aromatic rings. The van der Waals surface area contributed by atoms with E-state index in [4.69, 9.17) is 4.74 Å². The van der Waals surface area contributed by atoms with Crippen LogP contribution in [0.25, 0.3) is 0 Å². The molecule has 0 bridgehead atoms. The van der Waals surface area contributed by atoms with Crippen LogP contribution in [0.5, 0.6) is 0 Å². The molecule has 0 saturated carbocycles. The third-order valence-corrected chi connectivity index (χ3v) is 1.98. The Morgan fingerprint density at radius 2 is 2.00 bits per heavy atom. The maximum absolute atomic E-state index is 10.2. The number of unbranched alkanes of at least 4 members (excludes halogenated alkanes) is 3. The van der Waals surface area contributed by atoms with Crippen molar-refractivity contribution in [2.24, 2.45) is 0 Å². The van der Waals surface area contributed by atoms with Crippen LogP contribution in [-0.2, 0) is 9.53 Å². The molecule has 0 fully saturated rings. The molecular weight excluding hydrogens is 180 g/mol. The Balaban J connectivity index is 3.13. The first kappa shape index (κ1) is 13.2. The van der Waals surface area contributed by atoms with E-state index in [1.54, 1.807) is 0 Å². The Morgan fingerprint density at radius 1 is 1.29 bits per heavy atom. The zero-order chi connectivity index (χ0) is 10.8. The van der Waals surface area contributed by atoms with Crippen LogP contribution >= 0.6 is 0 Å². The largest absolute Gasteiger partial charge is 0.545 e. The number of aliphatic carboxylic acids is 1. The lowest BCUT2D eigenvalue weighted by molar-refractivity contribution is -0.299. The standard InChI is InChI=1S/C11H20O3/c1-3-4-5-6-8-14-9-7-10(2)11(12)13/h2-9H2,1H3,(H,12,13)/p-1. The molecular formula is C11H19O3-. The summed E-state index contributed by atoms with van der Waals surface area (Å²) in [5.41, 5.74) is 0.110. The minimum Gasteiger partial charge on any atom is -0.545 e. The van der Waals surface area contributed by atoms with Gasteiger partial charge in [0.15, 0.2) is 0 Å². The topological polar surface area (TPSA) is 49.4 Å². The van der Waals surface area contributed by atoms with Gasteiger partial charge in [-0.15, -0.1) is 0 Å². The summed E-state index contributed by atoms with van der Waals surface area (Å²) in [5, 5.41) is 10.2. The molecule has 0 amide bonds. The van der Waals surface area contributed by atoms with E-state index in [0.717, 1.165) is 6.42 Å². The molecule has 0 aliphatic rings. The lowest BCUT2D eigenvalue weighted by Crippen LogP contribution is -2.24. The van der Waals surface area contributed by atoms with Gasteiger partial charge in [0.25, 0.3) is 0 Å². The summed E-state index contributed by atoms with van der Waals surface area (Å²) in [6, 6.07) is 0. The molecule has 0 rings (SSSR count). The predicted octanol–water partition coefficient (Wildman–Crippen LogP) is 1.28. The smallest absolute Gasteiger partial charge is 0.0669 e. The predicted molar refractivity (Wildman–Crippen MR) is 53.7 cm³/mol. The summed E-state index contributed by atoms with van der Waals surface area (Å²) in [4.78, 5) is 10.2. The average Bonchev–Trinajstić information content (AvgIpc) is 2.16. The van der Waals surface area contributed by atoms with Crippen LogP contribution in [-0.4, -0.2) is 19.2 Å². The van der Waals surface area contributed by atoms with Gasteiger partial charge in [-0.05, 0) is 18.4 Å². The fraction of sp³-hybridized carbons (Fsp3) is 0.727. The Morgan fingerprint density at radius 3 is 2.57 bits per heavy atom. The Kier molecular flexibility index (Phi) is 8.24. The van der Waals surface area contributed by atoms with E-state index in [1.807, 2.05) is 0 Å². The van der Waals surface area contributed by atoms with Crippen LogP contribution < -0.4 is 5.11 Å². The van der Waals surface area contributed by atoms with E-state index in [9.17, 15) is 9.90 Å². The van der Waals surface area contributed by atoms with Crippen LogP contribution in [0.15, 0.2) is 12.2 Å². The number of carbonyl (C=O) groups excluding carboxylic acids is 1. The summed E-state index contributed by atoms with van der Waals surface area (Å²) in [7, 11) is 0. The number of ether oxygens (including phenoxy) is 1. The van der Waals surface area contributed by atoms with Crippen molar-refractivity contribution in [2.45, 2.75) is 39.0 Å². The van der Waals surface area contributed by atoms with Crippen molar-refractivity contribution >= 4 is 5.97 Å². The molecule has 0 unspecified atom stereocenters. The van der Waals surface area contributed by atoms with Crippen LogP contribution in [0, 0.1) is 0 Å². The van der Waals surface area contributed by atoms with Gasteiger partial charge in [0, 0.05) is 6.61 Å². The normalized spacial score (nSPS) is 10.1. The summed E-state index contributed by atoms with van der Waals surface area (Å²) in [6.45, 7) is 6.66. The minimum absolute atomic E-state index is 0.110. The van der Waals surface area contributed by atoms with Gasteiger partial charge >= 0.3 is 0 Å². The number of carboxylic acids is 1. The van der Waals surface area contributed by atoms with E-state index in [1.165, 1.54) is 19.3 Å². The van der Waals surface area contributed by atoms with Gasteiger partial charge in [-0.2, -0.15) is 0 Å². The van der Waals surface area contributed by atoms with Crippen LogP contribution in [0.3, 0.4) is 0 Å². The molecule has 0 radical (unpaired) electrons. The molecule has 0 saturated heterocycles. The lowest BCUT2D eigenvalue weighted by atomic mass is 10.2. The molecule has 0 aliphatic heterocycles. The molecule has 0 atom stereocenters. The van der Waals surface area contributed by atoms with Gasteiger partial charge in [0.05, 0.1) is 12.6 Å². The fourth-order valence-electron chi connectivity index (χ4n) is 1.03. The highest BCUT2D eigenvalue weighted by Crippen LogP contribution is 2.01. The molecule has 0 heterocycles. The molecule has 0 aromatic heterocycles. The van der Waals surface area contributed by atoms with Gasteiger partial charge in [-0.25, -0.2) is 0 Å². The number of carbonyl (C=O) groups is 1. The number of hydrogen-bond acceptors (Lipinski definition) is 3. The van der Waals surface area contributed by atoms with Crippen LogP contribution in [0.4, 0.5) is 0 Å². The molecule has 14 heavy (non-hydrogen) atoms. The second-order valence-corrected chi connectivity index (χ2v) is 3.31. The molecule has 0 aliphatic carbocycles. The molecule has 3 nitrogen and oxygen atoms in total. The quantitative estimate of drug-likeness (QED) is 0.415. The van der Waals surface area contributed by atoms with Gasteiger partial charge in [0.1, 0.15) is 0 Å². The van der Waals surface area contributed by atoms with Gasteiger partial charge < -0.3 is 14.6 Å². The third kappa shape index (κ3) is 7.80. The number of rotatable bonds is 9. The van der Waals surface area contributed by atoms with Gasteiger partial charge in [-0.3, -0.25) is 0 Å². The summed E-state index contributed by atoms with van der Waals surface area (Å²) in [5.74, 6) is -1.18. The van der Waals surface area contributed by atoms with Crippen LogP contribution in [0.1, 0.15) is 39.0 Å². The van der Waals surface area contributed by atoms with Crippen molar-refractivity contribution in [3.8, 4) is 0 Å². The first-order valence-electron chi connectivity index (χ1n) is 5.15. The second-order valence-electron chi connectivity index (χ2n) is 3.31. The van der Waals surface area contributed by atoms with Crippen molar-refractivity contribution in [2.75, 3.05) is 13.2 Å². The van der Waals surface area contributed by atoms with Crippen molar-refractivity contribution in [3.63, 3.8) is 0 Å². The molecule has 0 aromatic carbocycles. The number of hydrogen-bond donors (Lipinski definition) is 0. The molecule has 0 N–H and O–H groups in total. The maximum Gasteiger partial charge on any atom is 0.0669 e. The Bertz CT molecular complexity index is 175. The zero-order valence-corrected chi connectivity index (χ0v) is 8.88. The van der Waals surface area contributed by atoms with Crippen molar-refractivity contribution in [3.05, 3.63) is 12.2 Å². The first-order chi connectivity index (χ1) is 6.68. The van der Waals surface area contributed by atoms with E-state index in [0.29, 0.717) is 19.6 Å². The Labute approximate surface area is 85.8 Å².